The lowest BCUT2D eigenvalue weighted by Gasteiger charge is -2.14. The molecule has 22 heavy (non-hydrogen) atoms. The number of para-hydroxylation sites is 1. The van der Waals surface area contributed by atoms with Crippen LogP contribution in [0.1, 0.15) is 28.4 Å². The lowest BCUT2D eigenvalue weighted by molar-refractivity contribution is 0.0696. The van der Waals surface area contributed by atoms with Gasteiger partial charge in [-0.25, -0.2) is 13.2 Å². The van der Waals surface area contributed by atoms with Crippen molar-refractivity contribution in [3.63, 3.8) is 0 Å². The lowest BCUT2D eigenvalue weighted by Crippen LogP contribution is -2.15. The number of benzene rings is 2. The number of hydrogen-bond acceptors (Lipinski definition) is 3. The Kier molecular flexibility index (Phi) is 4.51. The highest BCUT2D eigenvalue weighted by Gasteiger charge is 2.18. The van der Waals surface area contributed by atoms with Crippen LogP contribution in [0.15, 0.2) is 47.4 Å². The number of sulfonamides is 1. The van der Waals surface area contributed by atoms with E-state index in [0.29, 0.717) is 12.1 Å². The van der Waals surface area contributed by atoms with Gasteiger partial charge in [-0.15, -0.1) is 0 Å². The van der Waals surface area contributed by atoms with Crippen molar-refractivity contribution in [2.24, 2.45) is 0 Å². The summed E-state index contributed by atoms with van der Waals surface area (Å²) < 4.78 is 27.6. The Morgan fingerprint density at radius 2 is 1.86 bits per heavy atom. The summed E-state index contributed by atoms with van der Waals surface area (Å²) >= 11 is 0. The highest BCUT2D eigenvalue weighted by molar-refractivity contribution is 7.92. The van der Waals surface area contributed by atoms with Crippen molar-refractivity contribution < 1.29 is 18.3 Å². The van der Waals surface area contributed by atoms with E-state index in [0.717, 1.165) is 17.2 Å². The van der Waals surface area contributed by atoms with Crippen LogP contribution in [-0.4, -0.2) is 19.5 Å². The van der Waals surface area contributed by atoms with Crippen LogP contribution in [-0.2, 0) is 16.4 Å². The Morgan fingerprint density at radius 3 is 2.50 bits per heavy atom. The second-order valence-corrected chi connectivity index (χ2v) is 6.58. The SMILES string of the molecule is CCc1cccc(C)c1NS(=O)(=O)c1cccc(C(=O)O)c1. The van der Waals surface area contributed by atoms with Gasteiger partial charge < -0.3 is 5.11 Å². The third-order valence-electron chi connectivity index (χ3n) is 3.37. The topological polar surface area (TPSA) is 83.5 Å². The van der Waals surface area contributed by atoms with E-state index in [2.05, 4.69) is 4.72 Å². The van der Waals surface area contributed by atoms with E-state index in [9.17, 15) is 13.2 Å². The molecule has 0 aliphatic heterocycles. The second-order valence-electron chi connectivity index (χ2n) is 4.90. The van der Waals surface area contributed by atoms with E-state index in [1.807, 2.05) is 32.0 Å². The molecule has 0 unspecified atom stereocenters. The van der Waals surface area contributed by atoms with Crippen molar-refractivity contribution in [1.29, 1.82) is 0 Å². The molecule has 0 atom stereocenters. The van der Waals surface area contributed by atoms with Gasteiger partial charge in [-0.2, -0.15) is 0 Å². The molecule has 0 aliphatic rings. The molecule has 0 radical (unpaired) electrons. The van der Waals surface area contributed by atoms with Crippen LogP contribution in [0.5, 0.6) is 0 Å². The summed E-state index contributed by atoms with van der Waals surface area (Å²) in [6, 6.07) is 10.8. The zero-order valence-electron chi connectivity index (χ0n) is 12.3. The monoisotopic (exact) mass is 319 g/mol. The van der Waals surface area contributed by atoms with Crippen LogP contribution in [0.2, 0.25) is 0 Å². The van der Waals surface area contributed by atoms with Crippen molar-refractivity contribution in [3.8, 4) is 0 Å². The average molecular weight is 319 g/mol. The Bertz CT molecular complexity index is 813. The van der Waals surface area contributed by atoms with Gasteiger partial charge in [0.1, 0.15) is 0 Å². The Hall–Kier alpha value is -2.34. The number of hydrogen-bond donors (Lipinski definition) is 2. The lowest BCUT2D eigenvalue weighted by atomic mass is 10.1. The summed E-state index contributed by atoms with van der Waals surface area (Å²) in [6.07, 6.45) is 0.689. The molecular weight excluding hydrogens is 302 g/mol. The van der Waals surface area contributed by atoms with Gasteiger partial charge in [-0.05, 0) is 42.7 Å². The van der Waals surface area contributed by atoms with Gasteiger partial charge in [-0.3, -0.25) is 4.72 Å². The molecule has 2 aromatic rings. The number of aryl methyl sites for hydroxylation is 2. The van der Waals surface area contributed by atoms with Crippen molar-refractivity contribution >= 4 is 21.7 Å². The fourth-order valence-electron chi connectivity index (χ4n) is 2.16. The third-order valence-corrected chi connectivity index (χ3v) is 4.72. The number of nitrogens with one attached hydrogen (secondary N) is 1. The molecule has 2 N–H and O–H groups in total. The number of aromatic carboxylic acids is 1. The molecule has 116 valence electrons. The molecule has 2 aromatic carbocycles. The first-order chi connectivity index (χ1) is 10.3. The fraction of sp³-hybridized carbons (Fsp3) is 0.188. The number of anilines is 1. The molecule has 0 saturated heterocycles. The van der Waals surface area contributed by atoms with Crippen molar-refractivity contribution in [2.75, 3.05) is 4.72 Å². The molecule has 0 fully saturated rings. The number of carboxylic acid groups (broad SMARTS) is 1. The minimum Gasteiger partial charge on any atom is -0.478 e. The van der Waals surface area contributed by atoms with E-state index in [4.69, 9.17) is 5.11 Å². The normalized spacial score (nSPS) is 11.2. The first kappa shape index (κ1) is 16.0. The molecule has 0 bridgehead atoms. The maximum absolute atomic E-state index is 12.5. The summed E-state index contributed by atoms with van der Waals surface area (Å²) in [5.41, 5.74) is 2.18. The number of carbonyl (C=O) groups is 1. The first-order valence-corrected chi connectivity index (χ1v) is 8.28. The quantitative estimate of drug-likeness (QED) is 0.887. The highest BCUT2D eigenvalue weighted by Crippen LogP contribution is 2.24. The molecule has 0 saturated carbocycles. The minimum absolute atomic E-state index is 0.0663. The third kappa shape index (κ3) is 3.28. The summed E-state index contributed by atoms with van der Waals surface area (Å²) in [6.45, 7) is 3.77. The molecule has 0 heterocycles. The molecule has 6 heteroatoms. The van der Waals surface area contributed by atoms with Gasteiger partial charge in [-0.1, -0.05) is 31.2 Å². The standard InChI is InChI=1S/C16H17NO4S/c1-3-12-7-4-6-11(2)15(12)17-22(20,21)14-9-5-8-13(10-14)16(18)19/h4-10,17H,3H2,1-2H3,(H,18,19). The van der Waals surface area contributed by atoms with Gasteiger partial charge in [0.25, 0.3) is 10.0 Å². The van der Waals surface area contributed by atoms with E-state index in [-0.39, 0.29) is 10.5 Å². The largest absolute Gasteiger partial charge is 0.478 e. The first-order valence-electron chi connectivity index (χ1n) is 6.80. The predicted octanol–water partition coefficient (Wildman–Crippen LogP) is 3.06. The molecule has 2 rings (SSSR count). The average Bonchev–Trinajstić information content (AvgIpc) is 2.49. The minimum atomic E-state index is -3.84. The van der Waals surface area contributed by atoms with Gasteiger partial charge in [0, 0.05) is 0 Å². The Balaban J connectivity index is 2.45. The van der Waals surface area contributed by atoms with E-state index in [1.165, 1.54) is 18.2 Å². The molecule has 0 aromatic heterocycles. The summed E-state index contributed by atoms with van der Waals surface area (Å²) in [7, 11) is -3.84. The van der Waals surface area contributed by atoms with E-state index < -0.39 is 16.0 Å². The van der Waals surface area contributed by atoms with Gasteiger partial charge in [0.15, 0.2) is 0 Å². The van der Waals surface area contributed by atoms with Gasteiger partial charge in [0.2, 0.25) is 0 Å². The van der Waals surface area contributed by atoms with Crippen LogP contribution in [0, 0.1) is 6.92 Å². The zero-order chi connectivity index (χ0) is 16.3. The van der Waals surface area contributed by atoms with Crippen LogP contribution in [0.25, 0.3) is 0 Å². The maximum Gasteiger partial charge on any atom is 0.335 e. The van der Waals surface area contributed by atoms with Gasteiger partial charge in [0.05, 0.1) is 16.1 Å². The van der Waals surface area contributed by atoms with Crippen molar-refractivity contribution in [2.45, 2.75) is 25.2 Å². The molecule has 0 amide bonds. The van der Waals surface area contributed by atoms with Crippen molar-refractivity contribution in [1.82, 2.24) is 0 Å². The highest BCUT2D eigenvalue weighted by atomic mass is 32.2. The summed E-state index contributed by atoms with van der Waals surface area (Å²) in [5.74, 6) is -1.16. The van der Waals surface area contributed by atoms with Crippen LogP contribution in [0.3, 0.4) is 0 Å². The summed E-state index contributed by atoms with van der Waals surface area (Å²) in [5, 5.41) is 8.98. The molecule has 0 spiro atoms. The zero-order valence-corrected chi connectivity index (χ0v) is 13.1. The van der Waals surface area contributed by atoms with Crippen molar-refractivity contribution in [3.05, 3.63) is 59.2 Å². The van der Waals surface area contributed by atoms with E-state index >= 15 is 0 Å². The number of carboxylic acids is 1. The van der Waals surface area contributed by atoms with Crippen LogP contribution in [0.4, 0.5) is 5.69 Å². The second kappa shape index (κ2) is 6.19. The van der Waals surface area contributed by atoms with Crippen LogP contribution < -0.4 is 4.72 Å². The number of rotatable bonds is 5. The maximum atomic E-state index is 12.5. The Labute approximate surface area is 129 Å². The molecule has 5 nitrogen and oxygen atoms in total. The summed E-state index contributed by atoms with van der Waals surface area (Å²) in [4.78, 5) is 10.9. The van der Waals surface area contributed by atoms with Gasteiger partial charge >= 0.3 is 5.97 Å². The molecule has 0 aliphatic carbocycles. The van der Waals surface area contributed by atoms with Crippen LogP contribution >= 0.6 is 0 Å². The Morgan fingerprint density at radius 1 is 1.18 bits per heavy atom. The van der Waals surface area contributed by atoms with E-state index in [1.54, 1.807) is 0 Å². The fourth-order valence-corrected chi connectivity index (χ4v) is 3.38. The predicted molar refractivity (Wildman–Crippen MR) is 84.8 cm³/mol. The smallest absolute Gasteiger partial charge is 0.335 e. The molecular formula is C16H17NO4S.